The van der Waals surface area contributed by atoms with Crippen LogP contribution in [0.4, 0.5) is 10.5 Å². The normalized spacial score (nSPS) is 10.9. The summed E-state index contributed by atoms with van der Waals surface area (Å²) < 4.78 is 5.33. The molecule has 25 heavy (non-hydrogen) atoms. The highest BCUT2D eigenvalue weighted by molar-refractivity contribution is 6.04. The number of hydrogen-bond donors (Lipinski definition) is 1. The van der Waals surface area contributed by atoms with Gasteiger partial charge < -0.3 is 15.0 Å². The first-order chi connectivity index (χ1) is 11.7. The molecular weight excluding hydrogens is 318 g/mol. The van der Waals surface area contributed by atoms with E-state index in [1.165, 1.54) is 11.1 Å². The summed E-state index contributed by atoms with van der Waals surface area (Å²) in [5.41, 5.74) is 1.49. The molecule has 0 aliphatic rings. The number of carbonyl (C=O) groups excluding carboxylic acids is 2. The van der Waals surface area contributed by atoms with Crippen molar-refractivity contribution >= 4 is 17.7 Å². The molecule has 0 saturated heterocycles. The first-order valence-corrected chi connectivity index (χ1v) is 7.99. The molecule has 0 bridgehead atoms. The number of ether oxygens (including phenoxy) is 1. The highest BCUT2D eigenvalue weighted by atomic mass is 16.6. The van der Waals surface area contributed by atoms with Crippen molar-refractivity contribution in [2.75, 3.05) is 12.4 Å². The molecule has 0 spiro atoms. The van der Waals surface area contributed by atoms with Crippen LogP contribution < -0.4 is 5.32 Å². The molecule has 0 atom stereocenters. The third-order valence-corrected chi connectivity index (χ3v) is 3.23. The number of rotatable bonds is 4. The summed E-state index contributed by atoms with van der Waals surface area (Å²) in [6.07, 6.45) is 2.73. The number of carbonyl (C=O) groups is 2. The lowest BCUT2D eigenvalue weighted by Crippen LogP contribution is -2.33. The largest absolute Gasteiger partial charge is 0.444 e. The molecule has 1 aromatic carbocycles. The first kappa shape index (κ1) is 18.4. The van der Waals surface area contributed by atoms with Gasteiger partial charge in [-0.05, 0) is 50.6 Å². The summed E-state index contributed by atoms with van der Waals surface area (Å²) in [6, 6.07) is 10.8. The number of hydrogen-bond acceptors (Lipinski definition) is 4. The average Bonchev–Trinajstić information content (AvgIpc) is 2.54. The van der Waals surface area contributed by atoms with Crippen molar-refractivity contribution in [2.24, 2.45) is 0 Å². The predicted octanol–water partition coefficient (Wildman–Crippen LogP) is 3.70. The maximum Gasteiger partial charge on any atom is 0.410 e. The van der Waals surface area contributed by atoms with Gasteiger partial charge in [0, 0.05) is 31.7 Å². The minimum absolute atomic E-state index is 0.231. The lowest BCUT2D eigenvalue weighted by Gasteiger charge is -2.24. The number of nitrogens with zero attached hydrogens (tertiary/aromatic N) is 2. The summed E-state index contributed by atoms with van der Waals surface area (Å²) >= 11 is 0. The van der Waals surface area contributed by atoms with Gasteiger partial charge in [0.15, 0.2) is 0 Å². The van der Waals surface area contributed by atoms with E-state index in [0.29, 0.717) is 17.8 Å². The molecule has 0 saturated carbocycles. The van der Waals surface area contributed by atoms with Crippen molar-refractivity contribution in [1.29, 1.82) is 0 Å². The monoisotopic (exact) mass is 341 g/mol. The van der Waals surface area contributed by atoms with Crippen LogP contribution in [0.1, 0.15) is 36.7 Å². The third-order valence-electron chi connectivity index (χ3n) is 3.23. The Morgan fingerprint density at radius 2 is 1.96 bits per heavy atom. The molecule has 0 fully saturated rings. The molecule has 1 heterocycles. The van der Waals surface area contributed by atoms with Crippen molar-refractivity contribution in [3.8, 4) is 0 Å². The van der Waals surface area contributed by atoms with Gasteiger partial charge in [0.05, 0.1) is 5.56 Å². The van der Waals surface area contributed by atoms with Gasteiger partial charge in [-0.3, -0.25) is 9.78 Å². The van der Waals surface area contributed by atoms with Crippen LogP contribution in [0.2, 0.25) is 0 Å². The Bertz CT molecular complexity index is 739. The van der Waals surface area contributed by atoms with E-state index < -0.39 is 11.7 Å². The maximum absolute atomic E-state index is 12.2. The zero-order chi connectivity index (χ0) is 18.4. The van der Waals surface area contributed by atoms with E-state index in [2.05, 4.69) is 10.3 Å². The Morgan fingerprint density at radius 1 is 1.20 bits per heavy atom. The number of nitrogens with one attached hydrogen (secondary N) is 1. The van der Waals surface area contributed by atoms with Gasteiger partial charge in [-0.2, -0.15) is 0 Å². The van der Waals surface area contributed by atoms with E-state index in [4.69, 9.17) is 4.74 Å². The standard InChI is InChI=1S/C19H23N3O3/c1-19(2,3)25-18(24)22(4)13-14-7-5-9-16(11-14)21-17(23)15-8-6-10-20-12-15/h5-12H,13H2,1-4H3,(H,21,23). The molecule has 0 aliphatic carbocycles. The molecule has 6 heteroatoms. The summed E-state index contributed by atoms with van der Waals surface area (Å²) in [7, 11) is 1.68. The Balaban J connectivity index is 2.01. The van der Waals surface area contributed by atoms with Gasteiger partial charge >= 0.3 is 6.09 Å². The molecule has 1 N–H and O–H groups in total. The summed E-state index contributed by atoms with van der Waals surface area (Å²) in [6.45, 7) is 5.86. The number of amides is 2. The van der Waals surface area contributed by atoms with Gasteiger partial charge in [-0.15, -0.1) is 0 Å². The number of benzene rings is 1. The van der Waals surface area contributed by atoms with Crippen LogP contribution in [0.15, 0.2) is 48.8 Å². The molecule has 0 radical (unpaired) electrons. The minimum atomic E-state index is -0.537. The highest BCUT2D eigenvalue weighted by Crippen LogP contribution is 2.15. The second kappa shape index (κ2) is 7.79. The second-order valence-electron chi connectivity index (χ2n) is 6.73. The lowest BCUT2D eigenvalue weighted by atomic mass is 10.2. The summed E-state index contributed by atoms with van der Waals surface area (Å²) in [5, 5.41) is 2.83. The van der Waals surface area contributed by atoms with Crippen LogP contribution in [0.25, 0.3) is 0 Å². The van der Waals surface area contributed by atoms with Crippen LogP contribution in [-0.2, 0) is 11.3 Å². The maximum atomic E-state index is 12.2. The topological polar surface area (TPSA) is 71.5 Å². The van der Waals surface area contributed by atoms with Crippen molar-refractivity contribution in [3.05, 3.63) is 59.9 Å². The van der Waals surface area contributed by atoms with Crippen LogP contribution in [0.5, 0.6) is 0 Å². The molecular formula is C19H23N3O3. The number of anilines is 1. The fourth-order valence-electron chi connectivity index (χ4n) is 2.13. The zero-order valence-electron chi connectivity index (χ0n) is 14.9. The third kappa shape index (κ3) is 5.91. The van der Waals surface area contributed by atoms with Crippen molar-refractivity contribution < 1.29 is 14.3 Å². The lowest BCUT2D eigenvalue weighted by molar-refractivity contribution is 0.0285. The average molecular weight is 341 g/mol. The summed E-state index contributed by atoms with van der Waals surface area (Å²) in [4.78, 5) is 29.6. The Morgan fingerprint density at radius 3 is 2.60 bits per heavy atom. The molecule has 0 unspecified atom stereocenters. The SMILES string of the molecule is CN(Cc1cccc(NC(=O)c2cccnc2)c1)C(=O)OC(C)(C)C. The Hall–Kier alpha value is -2.89. The van der Waals surface area contributed by atoms with E-state index in [-0.39, 0.29) is 5.91 Å². The molecule has 0 aliphatic heterocycles. The number of aromatic nitrogens is 1. The van der Waals surface area contributed by atoms with Crippen LogP contribution >= 0.6 is 0 Å². The van der Waals surface area contributed by atoms with Gasteiger partial charge in [-0.25, -0.2) is 4.79 Å². The smallest absolute Gasteiger partial charge is 0.410 e. The van der Waals surface area contributed by atoms with Crippen molar-refractivity contribution in [1.82, 2.24) is 9.88 Å². The number of pyridine rings is 1. The quantitative estimate of drug-likeness (QED) is 0.920. The van der Waals surface area contributed by atoms with Gasteiger partial charge in [-0.1, -0.05) is 12.1 Å². The molecule has 2 amide bonds. The van der Waals surface area contributed by atoms with Crippen LogP contribution in [0, 0.1) is 0 Å². The van der Waals surface area contributed by atoms with E-state index in [1.807, 2.05) is 39.0 Å². The molecule has 132 valence electrons. The predicted molar refractivity (Wildman–Crippen MR) is 96.3 cm³/mol. The Labute approximate surface area is 147 Å². The van der Waals surface area contributed by atoms with E-state index in [9.17, 15) is 9.59 Å². The highest BCUT2D eigenvalue weighted by Gasteiger charge is 2.19. The first-order valence-electron chi connectivity index (χ1n) is 7.99. The fraction of sp³-hybridized carbons (Fsp3) is 0.316. The van der Waals surface area contributed by atoms with E-state index in [0.717, 1.165) is 5.56 Å². The molecule has 2 aromatic rings. The van der Waals surface area contributed by atoms with E-state index in [1.54, 1.807) is 31.4 Å². The zero-order valence-corrected chi connectivity index (χ0v) is 14.9. The Kier molecular flexibility index (Phi) is 5.75. The molecule has 6 nitrogen and oxygen atoms in total. The second-order valence-corrected chi connectivity index (χ2v) is 6.73. The van der Waals surface area contributed by atoms with Crippen LogP contribution in [0.3, 0.4) is 0 Å². The van der Waals surface area contributed by atoms with Gasteiger partial charge in [0.25, 0.3) is 5.91 Å². The van der Waals surface area contributed by atoms with Crippen molar-refractivity contribution in [2.45, 2.75) is 32.9 Å². The molecule has 2 rings (SSSR count). The molecule has 1 aromatic heterocycles. The van der Waals surface area contributed by atoms with Crippen molar-refractivity contribution in [3.63, 3.8) is 0 Å². The fourth-order valence-corrected chi connectivity index (χ4v) is 2.13. The van der Waals surface area contributed by atoms with Gasteiger partial charge in [0.1, 0.15) is 5.60 Å². The van der Waals surface area contributed by atoms with E-state index >= 15 is 0 Å². The summed E-state index contributed by atoms with van der Waals surface area (Å²) in [5.74, 6) is -0.231. The minimum Gasteiger partial charge on any atom is -0.444 e. The van der Waals surface area contributed by atoms with Crippen LogP contribution in [-0.4, -0.2) is 34.5 Å². The van der Waals surface area contributed by atoms with Gasteiger partial charge in [0.2, 0.25) is 0 Å².